The molecule has 0 aliphatic rings. The smallest absolute Gasteiger partial charge is 0.0449 e. The van der Waals surface area contributed by atoms with E-state index in [4.69, 9.17) is 10.8 Å². The molecule has 0 aliphatic carbocycles. The molecule has 0 aromatic carbocycles. The average Bonchev–Trinajstić information content (AvgIpc) is 2.36. The van der Waals surface area contributed by atoms with Gasteiger partial charge < -0.3 is 10.8 Å². The second-order valence-corrected chi connectivity index (χ2v) is 3.89. The van der Waals surface area contributed by atoms with Crippen molar-refractivity contribution >= 4 is 27.3 Å². The molecule has 1 atom stereocenters. The van der Waals surface area contributed by atoms with Gasteiger partial charge in [0, 0.05) is 22.5 Å². The molecule has 62 valence electrons. The van der Waals surface area contributed by atoms with Crippen molar-refractivity contribution in [2.24, 2.45) is 5.73 Å². The Morgan fingerprint density at radius 1 is 1.64 bits per heavy atom. The molecule has 0 saturated carbocycles. The highest BCUT2D eigenvalue weighted by molar-refractivity contribution is 9.10. The zero-order valence-corrected chi connectivity index (χ0v) is 8.36. The lowest BCUT2D eigenvalue weighted by atomic mass is 10.1. The Morgan fingerprint density at radius 2 is 2.36 bits per heavy atom. The first-order chi connectivity index (χ1) is 5.25. The van der Waals surface area contributed by atoms with Crippen LogP contribution in [0, 0.1) is 0 Å². The molecule has 0 saturated heterocycles. The quantitative estimate of drug-likeness (QED) is 0.841. The first-order valence-electron chi connectivity index (χ1n) is 3.33. The Balaban J connectivity index is 2.67. The van der Waals surface area contributed by atoms with E-state index in [2.05, 4.69) is 15.9 Å². The Labute approximate surface area is 78.2 Å². The molecule has 0 bridgehead atoms. The lowest BCUT2D eigenvalue weighted by Gasteiger charge is -2.07. The Morgan fingerprint density at radius 3 is 2.82 bits per heavy atom. The van der Waals surface area contributed by atoms with Gasteiger partial charge >= 0.3 is 0 Å². The van der Waals surface area contributed by atoms with Gasteiger partial charge in [-0.3, -0.25) is 0 Å². The maximum absolute atomic E-state index is 8.63. The van der Waals surface area contributed by atoms with Crippen molar-refractivity contribution in [1.29, 1.82) is 0 Å². The first-order valence-corrected chi connectivity index (χ1v) is 5.07. The number of halogens is 1. The van der Waals surface area contributed by atoms with Crippen molar-refractivity contribution in [3.63, 3.8) is 0 Å². The SMILES string of the molecule is N[C@@H](CCO)c1cscc1Br. The van der Waals surface area contributed by atoms with E-state index in [1.807, 2.05) is 10.8 Å². The van der Waals surface area contributed by atoms with E-state index >= 15 is 0 Å². The number of hydrogen-bond donors (Lipinski definition) is 2. The minimum atomic E-state index is -0.0411. The summed E-state index contributed by atoms with van der Waals surface area (Å²) >= 11 is 5.00. The summed E-state index contributed by atoms with van der Waals surface area (Å²) in [4.78, 5) is 0. The highest BCUT2D eigenvalue weighted by Crippen LogP contribution is 2.27. The zero-order valence-electron chi connectivity index (χ0n) is 5.96. The maximum Gasteiger partial charge on any atom is 0.0449 e. The molecular formula is C7H10BrNOS. The van der Waals surface area contributed by atoms with E-state index in [-0.39, 0.29) is 12.6 Å². The van der Waals surface area contributed by atoms with Gasteiger partial charge in [-0.1, -0.05) is 0 Å². The van der Waals surface area contributed by atoms with Gasteiger partial charge in [-0.15, -0.1) is 0 Å². The van der Waals surface area contributed by atoms with Crippen LogP contribution in [0.5, 0.6) is 0 Å². The summed E-state index contributed by atoms with van der Waals surface area (Å²) in [6.45, 7) is 0.142. The molecule has 1 aromatic rings. The van der Waals surface area contributed by atoms with Gasteiger partial charge in [0.05, 0.1) is 0 Å². The van der Waals surface area contributed by atoms with Crippen LogP contribution in [0.1, 0.15) is 18.0 Å². The number of hydrogen-bond acceptors (Lipinski definition) is 3. The predicted octanol–water partition coefficient (Wildman–Crippen LogP) is 1.89. The summed E-state index contributed by atoms with van der Waals surface area (Å²) in [6.07, 6.45) is 0.620. The molecule has 1 heterocycles. The van der Waals surface area contributed by atoms with Crippen molar-refractivity contribution in [1.82, 2.24) is 0 Å². The summed E-state index contributed by atoms with van der Waals surface area (Å²) in [5, 5.41) is 12.6. The van der Waals surface area contributed by atoms with Crippen molar-refractivity contribution in [3.05, 3.63) is 20.8 Å². The van der Waals surface area contributed by atoms with Crippen molar-refractivity contribution < 1.29 is 5.11 Å². The number of nitrogens with two attached hydrogens (primary N) is 1. The van der Waals surface area contributed by atoms with Crippen LogP contribution < -0.4 is 5.73 Å². The fraction of sp³-hybridized carbons (Fsp3) is 0.429. The van der Waals surface area contributed by atoms with Gasteiger partial charge in [0.25, 0.3) is 0 Å². The van der Waals surface area contributed by atoms with Crippen LogP contribution in [0.2, 0.25) is 0 Å². The molecule has 0 fully saturated rings. The van der Waals surface area contributed by atoms with Crippen LogP contribution in [0.15, 0.2) is 15.2 Å². The van der Waals surface area contributed by atoms with Crippen LogP contribution >= 0.6 is 27.3 Å². The fourth-order valence-electron chi connectivity index (χ4n) is 0.850. The molecule has 0 radical (unpaired) electrons. The monoisotopic (exact) mass is 235 g/mol. The third-order valence-electron chi connectivity index (χ3n) is 1.48. The van der Waals surface area contributed by atoms with Crippen LogP contribution in [0.25, 0.3) is 0 Å². The minimum Gasteiger partial charge on any atom is -0.396 e. The number of rotatable bonds is 3. The second kappa shape index (κ2) is 4.21. The van der Waals surface area contributed by atoms with Gasteiger partial charge in [-0.25, -0.2) is 0 Å². The normalized spacial score (nSPS) is 13.4. The Bertz CT molecular complexity index is 226. The minimum absolute atomic E-state index is 0.0411. The first kappa shape index (κ1) is 9.19. The van der Waals surface area contributed by atoms with Crippen molar-refractivity contribution in [2.75, 3.05) is 6.61 Å². The number of thiophene rings is 1. The van der Waals surface area contributed by atoms with E-state index in [1.54, 1.807) is 11.3 Å². The molecule has 1 rings (SSSR count). The van der Waals surface area contributed by atoms with Crippen LogP contribution in [0.4, 0.5) is 0 Å². The summed E-state index contributed by atoms with van der Waals surface area (Å²) < 4.78 is 1.04. The van der Waals surface area contributed by atoms with Crippen LogP contribution in [0.3, 0.4) is 0 Å². The topological polar surface area (TPSA) is 46.2 Å². The highest BCUT2D eigenvalue weighted by atomic mass is 79.9. The standard InChI is InChI=1S/C7H10BrNOS/c8-6-4-11-3-5(6)7(9)1-2-10/h3-4,7,10H,1-2,9H2/t7-/m0/s1. The third-order valence-corrected chi connectivity index (χ3v) is 3.23. The van der Waals surface area contributed by atoms with E-state index in [9.17, 15) is 0 Å². The van der Waals surface area contributed by atoms with Crippen LogP contribution in [-0.2, 0) is 0 Å². The van der Waals surface area contributed by atoms with Gasteiger partial charge in [0.15, 0.2) is 0 Å². The lowest BCUT2D eigenvalue weighted by molar-refractivity contribution is 0.276. The lowest BCUT2D eigenvalue weighted by Crippen LogP contribution is -2.11. The molecular weight excluding hydrogens is 226 g/mol. The molecule has 0 amide bonds. The van der Waals surface area contributed by atoms with Crippen LogP contribution in [-0.4, -0.2) is 11.7 Å². The molecule has 0 unspecified atom stereocenters. The summed E-state index contributed by atoms with van der Waals surface area (Å²) in [6, 6.07) is -0.0411. The van der Waals surface area contributed by atoms with Crippen molar-refractivity contribution in [2.45, 2.75) is 12.5 Å². The van der Waals surface area contributed by atoms with Gasteiger partial charge in [-0.05, 0) is 33.3 Å². The summed E-state index contributed by atoms with van der Waals surface area (Å²) in [5.41, 5.74) is 6.85. The molecule has 0 spiro atoms. The van der Waals surface area contributed by atoms with E-state index in [0.717, 1.165) is 10.0 Å². The third kappa shape index (κ3) is 2.27. The van der Waals surface area contributed by atoms with E-state index in [0.29, 0.717) is 6.42 Å². The maximum atomic E-state index is 8.63. The van der Waals surface area contributed by atoms with Gasteiger partial charge in [0.1, 0.15) is 0 Å². The summed E-state index contributed by atoms with van der Waals surface area (Å²) in [7, 11) is 0. The number of aliphatic hydroxyl groups excluding tert-OH is 1. The zero-order chi connectivity index (χ0) is 8.27. The second-order valence-electron chi connectivity index (χ2n) is 2.29. The molecule has 3 N–H and O–H groups in total. The number of aliphatic hydroxyl groups is 1. The van der Waals surface area contributed by atoms with E-state index < -0.39 is 0 Å². The van der Waals surface area contributed by atoms with Crippen molar-refractivity contribution in [3.8, 4) is 0 Å². The summed E-state index contributed by atoms with van der Waals surface area (Å²) in [5.74, 6) is 0. The Kier molecular flexibility index (Phi) is 3.51. The highest BCUT2D eigenvalue weighted by Gasteiger charge is 2.09. The molecule has 4 heteroatoms. The fourth-order valence-corrected chi connectivity index (χ4v) is 2.51. The average molecular weight is 236 g/mol. The van der Waals surface area contributed by atoms with Gasteiger partial charge in [-0.2, -0.15) is 11.3 Å². The van der Waals surface area contributed by atoms with Gasteiger partial charge in [0.2, 0.25) is 0 Å². The molecule has 1 aromatic heterocycles. The molecule has 11 heavy (non-hydrogen) atoms. The predicted molar refractivity (Wildman–Crippen MR) is 50.7 cm³/mol. The molecule has 0 aliphatic heterocycles. The molecule has 2 nitrogen and oxygen atoms in total. The van der Waals surface area contributed by atoms with E-state index in [1.165, 1.54) is 0 Å². The largest absolute Gasteiger partial charge is 0.396 e. The Hall–Kier alpha value is 0.100.